The summed E-state index contributed by atoms with van der Waals surface area (Å²) < 4.78 is 5.47. The van der Waals surface area contributed by atoms with Crippen LogP contribution in [0, 0.1) is 0 Å². The number of amides is 1. The van der Waals surface area contributed by atoms with Gasteiger partial charge >= 0.3 is 5.97 Å². The SMILES string of the molecule is CCCCCCCCCCCCCCCCCCCCCCCCCC(O)C(CO)NC(=O)CCCCCCCC/C=C\C=C/CCCCCOC(=O)CCCCCCCCCCCCCCCCCCC. The largest absolute Gasteiger partial charge is 0.466 e. The summed E-state index contributed by atoms with van der Waals surface area (Å²) in [6, 6.07) is -0.559. The molecule has 6 nitrogen and oxygen atoms in total. The molecule has 0 aliphatic heterocycles. The van der Waals surface area contributed by atoms with Crippen LogP contribution >= 0.6 is 0 Å². The Morgan fingerprint density at radius 2 is 0.681 bits per heavy atom. The van der Waals surface area contributed by atoms with Crippen molar-refractivity contribution in [3.63, 3.8) is 0 Å². The molecule has 0 heterocycles. The summed E-state index contributed by atoms with van der Waals surface area (Å²) in [6.07, 6.45) is 76.3. The van der Waals surface area contributed by atoms with E-state index in [0.717, 1.165) is 77.0 Å². The minimum absolute atomic E-state index is 0.0167. The first-order valence-electron chi connectivity index (χ1n) is 32.6. The van der Waals surface area contributed by atoms with E-state index in [1.807, 2.05) is 0 Å². The van der Waals surface area contributed by atoms with Crippen LogP contribution in [-0.2, 0) is 14.3 Å². The van der Waals surface area contributed by atoms with Gasteiger partial charge in [0, 0.05) is 12.8 Å². The Hall–Kier alpha value is -1.66. The molecule has 3 N–H and O–H groups in total. The molecule has 0 saturated heterocycles. The fourth-order valence-corrected chi connectivity index (χ4v) is 10.3. The summed E-state index contributed by atoms with van der Waals surface area (Å²) in [6.45, 7) is 4.93. The van der Waals surface area contributed by atoms with Gasteiger partial charge in [-0.05, 0) is 57.8 Å². The fourth-order valence-electron chi connectivity index (χ4n) is 10.3. The molecule has 0 spiro atoms. The summed E-state index contributed by atoms with van der Waals surface area (Å²) in [5.41, 5.74) is 0. The van der Waals surface area contributed by atoms with E-state index in [1.54, 1.807) is 0 Å². The number of hydrogen-bond donors (Lipinski definition) is 3. The predicted octanol–water partition coefficient (Wildman–Crippen LogP) is 20.6. The second-order valence-corrected chi connectivity index (χ2v) is 22.5. The minimum Gasteiger partial charge on any atom is -0.466 e. The van der Waals surface area contributed by atoms with Gasteiger partial charge in [0.1, 0.15) is 0 Å². The molecular weight excluding hydrogens is 887 g/mol. The molecule has 2 unspecified atom stereocenters. The number of allylic oxidation sites excluding steroid dienone is 4. The molecule has 2 atom stereocenters. The lowest BCUT2D eigenvalue weighted by molar-refractivity contribution is -0.143. The third kappa shape index (κ3) is 57.6. The van der Waals surface area contributed by atoms with E-state index in [9.17, 15) is 19.8 Å². The Morgan fingerprint density at radius 3 is 1.03 bits per heavy atom. The van der Waals surface area contributed by atoms with Crippen molar-refractivity contribution in [2.75, 3.05) is 13.2 Å². The number of carbonyl (C=O) groups excluding carboxylic acids is 2. The van der Waals surface area contributed by atoms with E-state index in [0.29, 0.717) is 25.9 Å². The van der Waals surface area contributed by atoms with E-state index >= 15 is 0 Å². The van der Waals surface area contributed by atoms with Crippen LogP contribution in [0.4, 0.5) is 0 Å². The molecule has 0 rings (SSSR count). The lowest BCUT2D eigenvalue weighted by atomic mass is 10.0. The number of aliphatic hydroxyl groups excluding tert-OH is 2. The molecule has 0 aliphatic rings. The first-order valence-corrected chi connectivity index (χ1v) is 32.6. The van der Waals surface area contributed by atoms with E-state index in [-0.39, 0.29) is 18.5 Å². The van der Waals surface area contributed by atoms with Crippen LogP contribution in [0.3, 0.4) is 0 Å². The average Bonchev–Trinajstić information content (AvgIpc) is 3.38. The molecule has 1 amide bonds. The maximum atomic E-state index is 12.5. The van der Waals surface area contributed by atoms with Crippen molar-refractivity contribution >= 4 is 11.9 Å². The molecule has 0 radical (unpaired) electrons. The Kier molecular flexibility index (Phi) is 60.5. The Morgan fingerprint density at radius 1 is 0.389 bits per heavy atom. The summed E-state index contributed by atoms with van der Waals surface area (Å²) in [7, 11) is 0. The molecule has 426 valence electrons. The summed E-state index contributed by atoms with van der Waals surface area (Å²) >= 11 is 0. The quantitative estimate of drug-likeness (QED) is 0.0320. The first kappa shape index (κ1) is 70.3. The summed E-state index contributed by atoms with van der Waals surface area (Å²) in [4.78, 5) is 24.6. The Labute approximate surface area is 450 Å². The highest BCUT2D eigenvalue weighted by Gasteiger charge is 2.20. The second kappa shape index (κ2) is 61.9. The number of aliphatic hydroxyl groups is 2. The lowest BCUT2D eigenvalue weighted by Gasteiger charge is -2.22. The third-order valence-electron chi connectivity index (χ3n) is 15.3. The number of hydrogen-bond acceptors (Lipinski definition) is 5. The number of nitrogens with one attached hydrogen (secondary N) is 1. The van der Waals surface area contributed by atoms with Gasteiger partial charge < -0.3 is 20.3 Å². The summed E-state index contributed by atoms with van der Waals surface area (Å²) in [5, 5.41) is 23.4. The van der Waals surface area contributed by atoms with Gasteiger partial charge in [0.25, 0.3) is 0 Å². The number of carbonyl (C=O) groups is 2. The maximum absolute atomic E-state index is 12.5. The second-order valence-electron chi connectivity index (χ2n) is 22.5. The maximum Gasteiger partial charge on any atom is 0.305 e. The van der Waals surface area contributed by atoms with Gasteiger partial charge in [-0.2, -0.15) is 0 Å². The number of unbranched alkanes of at least 4 members (excludes halogenated alkanes) is 47. The third-order valence-corrected chi connectivity index (χ3v) is 15.3. The van der Waals surface area contributed by atoms with Crippen molar-refractivity contribution < 1.29 is 24.5 Å². The zero-order valence-corrected chi connectivity index (χ0v) is 48.7. The van der Waals surface area contributed by atoms with Crippen molar-refractivity contribution in [3.8, 4) is 0 Å². The molecule has 0 saturated carbocycles. The topological polar surface area (TPSA) is 95.9 Å². The van der Waals surface area contributed by atoms with Crippen molar-refractivity contribution in [3.05, 3.63) is 24.3 Å². The van der Waals surface area contributed by atoms with Crippen molar-refractivity contribution in [2.45, 2.75) is 373 Å². The van der Waals surface area contributed by atoms with Gasteiger partial charge in [-0.15, -0.1) is 0 Å². The van der Waals surface area contributed by atoms with E-state index < -0.39 is 12.1 Å². The van der Waals surface area contributed by atoms with Crippen molar-refractivity contribution in [2.24, 2.45) is 0 Å². The van der Waals surface area contributed by atoms with E-state index in [1.165, 1.54) is 250 Å². The summed E-state index contributed by atoms with van der Waals surface area (Å²) in [5.74, 6) is -0.0701. The van der Waals surface area contributed by atoms with Gasteiger partial charge in [-0.3, -0.25) is 9.59 Å². The normalized spacial score (nSPS) is 12.7. The number of esters is 1. The minimum atomic E-state index is -0.680. The van der Waals surface area contributed by atoms with Gasteiger partial charge in [-0.1, -0.05) is 314 Å². The number of ether oxygens (including phenoxy) is 1. The zero-order chi connectivity index (χ0) is 52.2. The zero-order valence-electron chi connectivity index (χ0n) is 48.7. The average molecular weight is 1010 g/mol. The monoisotopic (exact) mass is 1010 g/mol. The van der Waals surface area contributed by atoms with Crippen molar-refractivity contribution in [1.29, 1.82) is 0 Å². The molecule has 0 aliphatic carbocycles. The van der Waals surface area contributed by atoms with E-state index in [2.05, 4.69) is 43.5 Å². The lowest BCUT2D eigenvalue weighted by Crippen LogP contribution is -2.45. The van der Waals surface area contributed by atoms with Crippen LogP contribution in [0.15, 0.2) is 24.3 Å². The highest BCUT2D eigenvalue weighted by Crippen LogP contribution is 2.18. The van der Waals surface area contributed by atoms with Crippen LogP contribution in [0.5, 0.6) is 0 Å². The molecule has 6 heteroatoms. The first-order chi connectivity index (χ1) is 35.5. The van der Waals surface area contributed by atoms with E-state index in [4.69, 9.17) is 4.74 Å². The highest BCUT2D eigenvalue weighted by molar-refractivity contribution is 5.76. The van der Waals surface area contributed by atoms with Crippen molar-refractivity contribution in [1.82, 2.24) is 5.32 Å². The predicted molar refractivity (Wildman–Crippen MR) is 315 cm³/mol. The number of rotatable bonds is 61. The highest BCUT2D eigenvalue weighted by atomic mass is 16.5. The van der Waals surface area contributed by atoms with Gasteiger partial charge in [0.2, 0.25) is 5.91 Å². The fraction of sp³-hybridized carbons (Fsp3) is 0.909. The standard InChI is InChI=1S/C66H127NO5/c1-3-5-7-9-11-13-15-17-19-21-22-23-24-25-26-28-30-34-38-42-46-50-54-58-64(69)63(62-68)67-65(70)59-55-51-47-43-39-35-31-29-33-37-41-45-49-53-57-61-72-66(71)60-56-52-48-44-40-36-32-27-20-18-16-14-12-10-8-6-4-2/h29,33,37,41,63-64,68-69H,3-28,30-32,34-36,38-40,42-62H2,1-2H3,(H,67,70)/b33-29-,41-37-. The van der Waals surface area contributed by atoms with Crippen LogP contribution in [0.2, 0.25) is 0 Å². The molecule has 0 fully saturated rings. The van der Waals surface area contributed by atoms with Gasteiger partial charge in [0.15, 0.2) is 0 Å². The molecular formula is C66H127NO5. The van der Waals surface area contributed by atoms with Gasteiger partial charge in [-0.25, -0.2) is 0 Å². The Balaban J connectivity index is 3.48. The molecule has 0 aromatic rings. The molecule has 72 heavy (non-hydrogen) atoms. The molecule has 0 aromatic carbocycles. The Bertz CT molecular complexity index is 1120. The van der Waals surface area contributed by atoms with Crippen LogP contribution in [0.1, 0.15) is 361 Å². The van der Waals surface area contributed by atoms with Crippen LogP contribution in [0.25, 0.3) is 0 Å². The molecule has 0 aromatic heterocycles. The smallest absolute Gasteiger partial charge is 0.305 e. The van der Waals surface area contributed by atoms with Crippen LogP contribution < -0.4 is 5.32 Å². The van der Waals surface area contributed by atoms with Crippen LogP contribution in [-0.4, -0.2) is 47.4 Å². The molecule has 0 bridgehead atoms. The van der Waals surface area contributed by atoms with Gasteiger partial charge in [0.05, 0.1) is 25.4 Å².